The van der Waals surface area contributed by atoms with E-state index in [9.17, 15) is 27.9 Å². The molecule has 0 bridgehead atoms. The van der Waals surface area contributed by atoms with E-state index in [1.165, 1.54) is 6.20 Å². The maximum Gasteiger partial charge on any atom is 0.422 e. The fourth-order valence-electron chi connectivity index (χ4n) is 3.72. The molecular formula is C21H21F4N7O2. The molecule has 2 atom stereocenters. The summed E-state index contributed by atoms with van der Waals surface area (Å²) in [5, 5.41) is 29.9. The van der Waals surface area contributed by atoms with E-state index in [1.807, 2.05) is 6.07 Å². The predicted molar refractivity (Wildman–Crippen MR) is 113 cm³/mol. The number of methoxy groups -OCH3 is 1. The van der Waals surface area contributed by atoms with Crippen LogP contribution in [0, 0.1) is 17.1 Å². The van der Waals surface area contributed by atoms with E-state index in [1.54, 1.807) is 0 Å². The van der Waals surface area contributed by atoms with Crippen molar-refractivity contribution in [1.82, 2.24) is 24.9 Å². The molecule has 4 rings (SSSR count). The molecule has 0 amide bonds. The summed E-state index contributed by atoms with van der Waals surface area (Å²) in [6.45, 7) is 2.04. The molecule has 3 aromatic rings. The Morgan fingerprint density at radius 3 is 2.74 bits per heavy atom. The minimum Gasteiger partial charge on any atom is -0.495 e. The molecule has 0 saturated carbocycles. The number of pyridine rings is 1. The smallest absolute Gasteiger partial charge is 0.422 e. The molecule has 3 aromatic heterocycles. The molecule has 180 valence electrons. The molecule has 1 saturated heterocycles. The standard InChI is InChI=1S/C21H21F4N7O2/c1-20(33,21(23,24)25)18-15(34-2)7-16-28-10-14(32(16)31-18)17-13(22)6-11(8-26)19(30-17)29-12-4-3-5-27-9-12/h6-7,10,12,27,33H,3-5,9H2,1-2H3,(H,29,30)/t12-,20-/m0/s1. The van der Waals surface area contributed by atoms with Crippen molar-refractivity contribution < 1.29 is 27.4 Å². The fraction of sp³-hybridized carbons (Fsp3) is 0.429. The Morgan fingerprint density at radius 1 is 1.35 bits per heavy atom. The number of imidazole rings is 1. The number of anilines is 1. The van der Waals surface area contributed by atoms with Gasteiger partial charge in [0.1, 0.15) is 34.7 Å². The molecule has 0 aromatic carbocycles. The van der Waals surface area contributed by atoms with Crippen LogP contribution < -0.4 is 15.4 Å². The van der Waals surface area contributed by atoms with Gasteiger partial charge in [-0.25, -0.2) is 18.9 Å². The zero-order valence-corrected chi connectivity index (χ0v) is 18.2. The third-order valence-corrected chi connectivity index (χ3v) is 5.67. The Morgan fingerprint density at radius 2 is 2.12 bits per heavy atom. The fourth-order valence-corrected chi connectivity index (χ4v) is 3.72. The lowest BCUT2D eigenvalue weighted by molar-refractivity contribution is -0.261. The second-order valence-electron chi connectivity index (χ2n) is 8.06. The minimum atomic E-state index is -5.06. The SMILES string of the molecule is COc1cc2ncc(-c3nc(N[C@H]4CCCNC4)c(C#N)cc3F)n2nc1[C@](C)(O)C(F)(F)F. The van der Waals surface area contributed by atoms with Crippen LogP contribution in [-0.2, 0) is 5.60 Å². The first-order chi connectivity index (χ1) is 16.1. The van der Waals surface area contributed by atoms with Crippen molar-refractivity contribution in [3.8, 4) is 23.2 Å². The lowest BCUT2D eigenvalue weighted by Crippen LogP contribution is -2.40. The number of aliphatic hydroxyl groups is 1. The Kier molecular flexibility index (Phi) is 6.05. The van der Waals surface area contributed by atoms with E-state index < -0.39 is 23.3 Å². The van der Waals surface area contributed by atoms with Crippen LogP contribution in [0.1, 0.15) is 31.0 Å². The number of nitriles is 1. The van der Waals surface area contributed by atoms with Gasteiger partial charge in [0.25, 0.3) is 0 Å². The second-order valence-corrected chi connectivity index (χ2v) is 8.06. The number of halogens is 4. The van der Waals surface area contributed by atoms with Gasteiger partial charge in [-0.15, -0.1) is 0 Å². The zero-order chi connectivity index (χ0) is 24.7. The number of hydrogen-bond donors (Lipinski definition) is 3. The van der Waals surface area contributed by atoms with Crippen LogP contribution in [0.15, 0.2) is 18.3 Å². The Bertz CT molecular complexity index is 1260. The molecule has 13 heteroatoms. The van der Waals surface area contributed by atoms with Crippen molar-refractivity contribution in [1.29, 1.82) is 5.26 Å². The number of alkyl halides is 3. The van der Waals surface area contributed by atoms with E-state index in [0.29, 0.717) is 13.5 Å². The quantitative estimate of drug-likeness (QED) is 0.478. The van der Waals surface area contributed by atoms with Gasteiger partial charge in [-0.2, -0.15) is 23.5 Å². The highest BCUT2D eigenvalue weighted by Crippen LogP contribution is 2.41. The minimum absolute atomic E-state index is 0.0176. The Balaban J connectivity index is 1.86. The van der Waals surface area contributed by atoms with E-state index in [-0.39, 0.29) is 40.2 Å². The lowest BCUT2D eigenvalue weighted by atomic mass is 10.0. The predicted octanol–water partition coefficient (Wildman–Crippen LogP) is 2.74. The van der Waals surface area contributed by atoms with Gasteiger partial charge in [-0.3, -0.25) is 0 Å². The van der Waals surface area contributed by atoms with E-state index in [4.69, 9.17) is 4.74 Å². The lowest BCUT2D eigenvalue weighted by Gasteiger charge is -2.27. The number of aromatic nitrogens is 4. The van der Waals surface area contributed by atoms with Gasteiger partial charge in [0, 0.05) is 18.7 Å². The first-order valence-corrected chi connectivity index (χ1v) is 10.4. The average molecular weight is 479 g/mol. The highest BCUT2D eigenvalue weighted by Gasteiger charge is 2.54. The van der Waals surface area contributed by atoms with Gasteiger partial charge < -0.3 is 20.5 Å². The maximum atomic E-state index is 15.0. The molecule has 0 radical (unpaired) electrons. The molecule has 1 fully saturated rings. The van der Waals surface area contributed by atoms with E-state index in [2.05, 4.69) is 25.7 Å². The van der Waals surface area contributed by atoms with Gasteiger partial charge in [0.05, 0.1) is 18.9 Å². The summed E-state index contributed by atoms with van der Waals surface area (Å²) in [7, 11) is 1.13. The Labute approximate surface area is 191 Å². The number of hydrogen-bond acceptors (Lipinski definition) is 8. The summed E-state index contributed by atoms with van der Waals surface area (Å²) in [5.74, 6) is -1.08. The maximum absolute atomic E-state index is 15.0. The first kappa shape index (κ1) is 23.7. The summed E-state index contributed by atoms with van der Waals surface area (Å²) in [5.41, 5.74) is -4.49. The summed E-state index contributed by atoms with van der Waals surface area (Å²) in [6.07, 6.45) is -2.14. The zero-order valence-electron chi connectivity index (χ0n) is 18.2. The summed E-state index contributed by atoms with van der Waals surface area (Å²) in [6, 6.07) is 4.01. The van der Waals surface area contributed by atoms with Crippen LogP contribution in [-0.4, -0.2) is 57.1 Å². The summed E-state index contributed by atoms with van der Waals surface area (Å²) >= 11 is 0. The molecule has 4 heterocycles. The number of piperidine rings is 1. The van der Waals surface area contributed by atoms with Crippen molar-refractivity contribution in [3.63, 3.8) is 0 Å². The molecule has 1 aliphatic heterocycles. The van der Waals surface area contributed by atoms with E-state index in [0.717, 1.165) is 43.1 Å². The van der Waals surface area contributed by atoms with Crippen molar-refractivity contribution in [3.05, 3.63) is 35.4 Å². The molecule has 3 N–H and O–H groups in total. The van der Waals surface area contributed by atoms with Gasteiger partial charge >= 0.3 is 6.18 Å². The van der Waals surface area contributed by atoms with Crippen molar-refractivity contribution in [2.75, 3.05) is 25.5 Å². The molecule has 0 unspecified atom stereocenters. The van der Waals surface area contributed by atoms with Crippen LogP contribution in [0.5, 0.6) is 5.75 Å². The largest absolute Gasteiger partial charge is 0.495 e. The molecule has 0 spiro atoms. The topological polar surface area (TPSA) is 120 Å². The van der Waals surface area contributed by atoms with Gasteiger partial charge in [0.2, 0.25) is 5.60 Å². The molecule has 9 nitrogen and oxygen atoms in total. The number of fused-ring (bicyclic) bond motifs is 1. The van der Waals surface area contributed by atoms with E-state index >= 15 is 0 Å². The number of rotatable bonds is 5. The molecular weight excluding hydrogens is 458 g/mol. The van der Waals surface area contributed by atoms with Gasteiger partial charge in [-0.1, -0.05) is 0 Å². The van der Waals surface area contributed by atoms with Crippen LogP contribution in [0.25, 0.3) is 17.0 Å². The number of ether oxygens (including phenoxy) is 1. The third kappa shape index (κ3) is 4.10. The van der Waals surface area contributed by atoms with Crippen LogP contribution >= 0.6 is 0 Å². The summed E-state index contributed by atoms with van der Waals surface area (Å²) < 4.78 is 61.5. The van der Waals surface area contributed by atoms with Crippen LogP contribution in [0.3, 0.4) is 0 Å². The molecule has 1 aliphatic rings. The van der Waals surface area contributed by atoms with Crippen molar-refractivity contribution in [2.24, 2.45) is 0 Å². The normalized spacial score (nSPS) is 18.4. The number of nitrogens with zero attached hydrogens (tertiary/aromatic N) is 5. The Hall–Kier alpha value is -3.50. The molecule has 34 heavy (non-hydrogen) atoms. The monoisotopic (exact) mass is 479 g/mol. The highest BCUT2D eigenvalue weighted by atomic mass is 19.4. The highest BCUT2D eigenvalue weighted by molar-refractivity contribution is 5.66. The summed E-state index contributed by atoms with van der Waals surface area (Å²) in [4.78, 5) is 8.33. The van der Waals surface area contributed by atoms with Gasteiger partial charge in [0.15, 0.2) is 11.5 Å². The van der Waals surface area contributed by atoms with Crippen LogP contribution in [0.4, 0.5) is 23.4 Å². The van der Waals surface area contributed by atoms with Crippen LogP contribution in [0.2, 0.25) is 0 Å². The molecule has 0 aliphatic carbocycles. The average Bonchev–Trinajstić information content (AvgIpc) is 3.21. The third-order valence-electron chi connectivity index (χ3n) is 5.67. The second kappa shape index (κ2) is 8.69. The van der Waals surface area contributed by atoms with Crippen molar-refractivity contribution in [2.45, 2.75) is 37.6 Å². The van der Waals surface area contributed by atoms with Crippen molar-refractivity contribution >= 4 is 11.5 Å². The number of nitrogens with one attached hydrogen (secondary N) is 2. The van der Waals surface area contributed by atoms with Gasteiger partial charge in [-0.05, 0) is 32.4 Å². The first-order valence-electron chi connectivity index (χ1n) is 10.4.